The zero-order valence-electron chi connectivity index (χ0n) is 28.9. The summed E-state index contributed by atoms with van der Waals surface area (Å²) in [5.74, 6) is -1.92. The van der Waals surface area contributed by atoms with Gasteiger partial charge < -0.3 is 49.5 Å². The van der Waals surface area contributed by atoms with E-state index in [1.54, 1.807) is 6.08 Å². The van der Waals surface area contributed by atoms with Gasteiger partial charge in [0, 0.05) is 47.3 Å². The van der Waals surface area contributed by atoms with Crippen LogP contribution in [-0.4, -0.2) is 98.6 Å². The van der Waals surface area contributed by atoms with Gasteiger partial charge in [-0.15, -0.1) is 0 Å². The van der Waals surface area contributed by atoms with Gasteiger partial charge in [-0.05, 0) is 68.4 Å². The summed E-state index contributed by atoms with van der Waals surface area (Å²) < 4.78 is 25.0. The number of allylic oxidation sites excluding steroid dienone is 1. The van der Waals surface area contributed by atoms with Crippen molar-refractivity contribution in [1.82, 2.24) is 4.98 Å². The van der Waals surface area contributed by atoms with Crippen LogP contribution in [0.1, 0.15) is 89.2 Å². The number of aliphatic hydroxyl groups excluding tert-OH is 3. The standard InChI is InChI=1S/C38H51NO11/c1-20(21-8-3-4-9-21)28-17-26-27-13-14-37(46)35(45)38(27,50-29(12-7-15-40)32(26)39-28)30(19-41)48-36(37)49-33-22-10-5-6-11-23(33)24(18-31(42)43)25(16-22)34(44)47-2/h6,11,16-17,20-24,30,33,35-36,39-41,45-46H,3-5,7-10,12-15,18-19H2,1-2H3,(H,42,43)/t20-,22+,23-,24+,30-,33-,35-,36+,37-,38-/m1/s1. The summed E-state index contributed by atoms with van der Waals surface area (Å²) in [7, 11) is 1.27. The molecule has 4 bridgehead atoms. The van der Waals surface area contributed by atoms with E-state index >= 15 is 0 Å². The Morgan fingerprint density at radius 3 is 2.66 bits per heavy atom. The number of fused-ring (bicyclic) bond motifs is 4. The number of ether oxygens (including phenoxy) is 4. The van der Waals surface area contributed by atoms with Crippen molar-refractivity contribution < 1.29 is 54.1 Å². The van der Waals surface area contributed by atoms with E-state index in [0.29, 0.717) is 43.8 Å². The van der Waals surface area contributed by atoms with E-state index < -0.39 is 66.2 Å². The Kier molecular flexibility index (Phi) is 9.81. The molecule has 2 saturated carbocycles. The van der Waals surface area contributed by atoms with Crippen LogP contribution < -0.4 is 10.6 Å². The van der Waals surface area contributed by atoms with Crippen molar-refractivity contribution >= 4 is 23.3 Å². The van der Waals surface area contributed by atoms with Gasteiger partial charge in [0.25, 0.3) is 0 Å². The number of methoxy groups -OCH3 is 1. The number of aliphatic hydroxyl groups is 4. The second-order valence-corrected chi connectivity index (χ2v) is 15.2. The second-order valence-electron chi connectivity index (χ2n) is 15.2. The smallest absolute Gasteiger partial charge is 0.333 e. The molecule has 1 aromatic rings. The molecule has 6 N–H and O–H groups in total. The Hall–Kier alpha value is -3.00. The van der Waals surface area contributed by atoms with E-state index in [0.717, 1.165) is 21.8 Å². The Morgan fingerprint density at radius 2 is 1.96 bits per heavy atom. The van der Waals surface area contributed by atoms with Gasteiger partial charge in [-0.3, -0.25) is 4.79 Å². The number of aliphatic carboxylic acids is 1. The first-order valence-corrected chi connectivity index (χ1v) is 18.3. The van der Waals surface area contributed by atoms with Crippen molar-refractivity contribution in [3.63, 3.8) is 0 Å². The Bertz CT molecular complexity index is 1660. The molecule has 7 rings (SSSR count). The highest BCUT2D eigenvalue weighted by molar-refractivity contribution is 5.90. The number of carbonyl (C=O) groups excluding carboxylic acids is 1. The summed E-state index contributed by atoms with van der Waals surface area (Å²) in [6.45, 7) is 1.63. The third-order valence-corrected chi connectivity index (χ3v) is 12.5. The van der Waals surface area contributed by atoms with Crippen molar-refractivity contribution in [2.75, 3.05) is 20.3 Å². The molecule has 0 unspecified atom stereocenters. The molecular weight excluding hydrogens is 646 g/mol. The van der Waals surface area contributed by atoms with Gasteiger partial charge in [-0.25, -0.2) is 4.79 Å². The highest BCUT2D eigenvalue weighted by Gasteiger charge is 2.70. The van der Waals surface area contributed by atoms with E-state index in [-0.39, 0.29) is 36.9 Å². The molecule has 2 aliphatic heterocycles. The van der Waals surface area contributed by atoms with E-state index in [2.05, 4.69) is 18.0 Å². The maximum absolute atomic E-state index is 12.8. The van der Waals surface area contributed by atoms with Gasteiger partial charge in [0.05, 0.1) is 31.6 Å². The molecule has 10 atom stereocenters. The van der Waals surface area contributed by atoms with Crippen LogP contribution >= 0.6 is 0 Å². The molecule has 4 aliphatic carbocycles. The lowest BCUT2D eigenvalue weighted by atomic mass is 9.63. The Morgan fingerprint density at radius 1 is 1.18 bits per heavy atom. The lowest BCUT2D eigenvalue weighted by Gasteiger charge is -2.60. The molecule has 1 spiro atoms. The molecule has 12 heteroatoms. The zero-order valence-corrected chi connectivity index (χ0v) is 28.9. The lowest BCUT2D eigenvalue weighted by Crippen LogP contribution is -2.78. The molecule has 0 radical (unpaired) electrons. The molecule has 12 nitrogen and oxygen atoms in total. The van der Waals surface area contributed by atoms with Crippen molar-refractivity contribution in [3.8, 4) is 0 Å². The molecule has 3 heterocycles. The van der Waals surface area contributed by atoms with Crippen LogP contribution in [-0.2, 0) is 28.5 Å². The number of carboxylic acids is 1. The summed E-state index contributed by atoms with van der Waals surface area (Å²) in [6.07, 6.45) is 7.73. The summed E-state index contributed by atoms with van der Waals surface area (Å²) in [5, 5.41) is 57.0. The van der Waals surface area contributed by atoms with E-state index in [1.807, 2.05) is 12.2 Å². The predicted octanol–water partition coefficient (Wildman–Crippen LogP) is 1.88. The van der Waals surface area contributed by atoms with Crippen molar-refractivity contribution in [1.29, 1.82) is 0 Å². The second kappa shape index (κ2) is 13.9. The van der Waals surface area contributed by atoms with Gasteiger partial charge in [0.1, 0.15) is 23.6 Å². The first-order chi connectivity index (χ1) is 24.1. The molecule has 0 amide bonds. The number of esters is 1. The van der Waals surface area contributed by atoms with E-state index in [4.69, 9.17) is 18.9 Å². The maximum Gasteiger partial charge on any atom is 0.333 e. The SMILES string of the molecule is COC(=O)C1=C[C@@H]2CCC=C[C@@H]([C@@H]2O[C@@H]2O[C@H](CO)[C@]34OC(CCCO)=c5[nH]c([C@H](C)C6CCCC6)cc5=C3CC[C@@]2(O)[C@H]4O)[C@@H]1CC(=O)O. The van der Waals surface area contributed by atoms with Gasteiger partial charge >= 0.3 is 11.9 Å². The molecular formula is C38H51NO11. The highest BCUT2D eigenvalue weighted by Crippen LogP contribution is 2.54. The summed E-state index contributed by atoms with van der Waals surface area (Å²) in [5.41, 5.74) is -1.45. The number of hydrogen-bond donors (Lipinski definition) is 6. The number of carbonyl (C=O) groups is 2. The number of aromatic nitrogens is 1. The fourth-order valence-electron chi connectivity index (χ4n) is 9.91. The minimum absolute atomic E-state index is 0.0622. The van der Waals surface area contributed by atoms with E-state index in [9.17, 15) is 35.1 Å². The molecule has 1 saturated heterocycles. The van der Waals surface area contributed by atoms with Crippen LogP contribution in [0.15, 0.2) is 29.9 Å². The van der Waals surface area contributed by atoms with Crippen molar-refractivity contribution in [2.45, 2.75) is 119 Å². The molecule has 6 aliphatic rings. The summed E-state index contributed by atoms with van der Waals surface area (Å²) in [6, 6.07) is 2.14. The van der Waals surface area contributed by atoms with Crippen molar-refractivity contribution in [2.24, 2.45) is 23.7 Å². The van der Waals surface area contributed by atoms with Crippen LogP contribution in [0.5, 0.6) is 0 Å². The Balaban J connectivity index is 1.27. The van der Waals surface area contributed by atoms with E-state index in [1.165, 1.54) is 32.8 Å². The quantitative estimate of drug-likeness (QED) is 0.146. The number of nitrogens with one attached hydrogen (secondary N) is 1. The number of H-pyrrole nitrogens is 1. The average molecular weight is 698 g/mol. The predicted molar refractivity (Wildman–Crippen MR) is 179 cm³/mol. The van der Waals surface area contributed by atoms with Gasteiger partial charge in [0.2, 0.25) is 0 Å². The third-order valence-electron chi connectivity index (χ3n) is 12.5. The lowest BCUT2D eigenvalue weighted by molar-refractivity contribution is -0.375. The number of aromatic amines is 1. The van der Waals surface area contributed by atoms with Crippen LogP contribution in [0.2, 0.25) is 0 Å². The summed E-state index contributed by atoms with van der Waals surface area (Å²) >= 11 is 0. The highest BCUT2D eigenvalue weighted by atomic mass is 16.7. The fourth-order valence-corrected chi connectivity index (χ4v) is 9.91. The summed E-state index contributed by atoms with van der Waals surface area (Å²) in [4.78, 5) is 28.5. The zero-order chi connectivity index (χ0) is 35.4. The molecule has 274 valence electrons. The van der Waals surface area contributed by atoms with Crippen molar-refractivity contribution in [3.05, 3.63) is 46.1 Å². The fraction of sp³-hybridized carbons (Fsp3) is 0.684. The maximum atomic E-state index is 12.8. The number of rotatable bonds is 11. The first kappa shape index (κ1) is 35.4. The normalized spacial score (nSPS) is 36.9. The Labute approximate surface area is 291 Å². The molecule has 50 heavy (non-hydrogen) atoms. The minimum atomic E-state index is -1.95. The van der Waals surface area contributed by atoms with Gasteiger partial charge in [-0.1, -0.05) is 38.0 Å². The largest absolute Gasteiger partial charge is 0.481 e. The van der Waals surface area contributed by atoms with Gasteiger partial charge in [-0.2, -0.15) is 0 Å². The third kappa shape index (κ3) is 5.67. The topological polar surface area (TPSA) is 188 Å². The van der Waals surface area contributed by atoms with Crippen LogP contribution in [0.4, 0.5) is 0 Å². The number of hydrogen-bond acceptors (Lipinski definition) is 10. The van der Waals surface area contributed by atoms with Crippen LogP contribution in [0.3, 0.4) is 0 Å². The first-order valence-electron chi connectivity index (χ1n) is 18.3. The molecule has 1 aromatic heterocycles. The molecule has 0 aromatic carbocycles. The van der Waals surface area contributed by atoms with Crippen LogP contribution in [0, 0.1) is 23.7 Å². The number of carboxylic acid groups (broad SMARTS) is 1. The monoisotopic (exact) mass is 697 g/mol. The van der Waals surface area contributed by atoms with Gasteiger partial charge in [0.15, 0.2) is 11.9 Å². The average Bonchev–Trinajstić information content (AvgIpc) is 3.78. The van der Waals surface area contributed by atoms with Crippen LogP contribution in [0.25, 0.3) is 11.3 Å². The minimum Gasteiger partial charge on any atom is -0.481 e. The molecule has 3 fully saturated rings.